The normalized spacial score (nSPS) is 12.0. The van der Waals surface area contributed by atoms with E-state index in [4.69, 9.17) is 0 Å². The summed E-state index contributed by atoms with van der Waals surface area (Å²) in [7, 11) is -3.61. The molecule has 3 rings (SSSR count). The van der Waals surface area contributed by atoms with Gasteiger partial charge >= 0.3 is 0 Å². The zero-order chi connectivity index (χ0) is 16.1. The van der Waals surface area contributed by atoms with Gasteiger partial charge in [-0.25, -0.2) is 12.4 Å². The van der Waals surface area contributed by atoms with Crippen LogP contribution in [-0.4, -0.2) is 12.4 Å². The molecule has 1 aromatic heterocycles. The molecule has 0 bridgehead atoms. The summed E-state index contributed by atoms with van der Waals surface area (Å²) in [4.78, 5) is 0.295. The van der Waals surface area contributed by atoms with Crippen LogP contribution in [0.15, 0.2) is 52.0 Å². The van der Waals surface area contributed by atoms with Gasteiger partial charge in [-0.2, -0.15) is 0 Å². The molecule has 0 saturated carbocycles. The summed E-state index contributed by atoms with van der Waals surface area (Å²) >= 11 is 3.49. The number of benzene rings is 2. The van der Waals surface area contributed by atoms with Crippen molar-refractivity contribution in [2.24, 2.45) is 0 Å². The molecule has 1 heterocycles. The fourth-order valence-corrected chi connectivity index (χ4v) is 4.89. The average molecular weight is 378 g/mol. The number of hydrogen-bond donors (Lipinski definition) is 0. The average Bonchev–Trinajstić information content (AvgIpc) is 2.83. The van der Waals surface area contributed by atoms with Crippen molar-refractivity contribution >= 4 is 36.9 Å². The zero-order valence-electron chi connectivity index (χ0n) is 12.6. The minimum absolute atomic E-state index is 0.295. The summed E-state index contributed by atoms with van der Waals surface area (Å²) in [5.74, 6) is 0. The third-order valence-electron chi connectivity index (χ3n) is 3.86. The van der Waals surface area contributed by atoms with Crippen molar-refractivity contribution in [2.45, 2.75) is 25.7 Å². The molecule has 0 aliphatic rings. The first-order chi connectivity index (χ1) is 10.3. The highest BCUT2D eigenvalue weighted by atomic mass is 79.9. The van der Waals surface area contributed by atoms with Crippen molar-refractivity contribution in [3.63, 3.8) is 0 Å². The third-order valence-corrected chi connectivity index (χ3v) is 6.13. The van der Waals surface area contributed by atoms with Crippen LogP contribution in [0.2, 0.25) is 0 Å². The summed E-state index contributed by atoms with van der Waals surface area (Å²) < 4.78 is 28.1. The molecule has 3 aromatic rings. The molecule has 22 heavy (non-hydrogen) atoms. The van der Waals surface area contributed by atoms with Crippen LogP contribution in [0, 0.1) is 20.8 Å². The van der Waals surface area contributed by atoms with Crippen molar-refractivity contribution in [3.05, 3.63) is 63.8 Å². The van der Waals surface area contributed by atoms with E-state index in [1.807, 2.05) is 45.0 Å². The van der Waals surface area contributed by atoms with Gasteiger partial charge in [-0.3, -0.25) is 0 Å². The summed E-state index contributed by atoms with van der Waals surface area (Å²) in [6.07, 6.45) is 1.64. The van der Waals surface area contributed by atoms with Crippen LogP contribution in [0.3, 0.4) is 0 Å². The minimum Gasteiger partial charge on any atom is -0.240 e. The van der Waals surface area contributed by atoms with E-state index in [1.54, 1.807) is 18.3 Å². The van der Waals surface area contributed by atoms with Crippen molar-refractivity contribution in [3.8, 4) is 0 Å². The maximum absolute atomic E-state index is 13.0. The Hall–Kier alpha value is -1.59. The maximum Gasteiger partial charge on any atom is 0.268 e. The predicted molar refractivity (Wildman–Crippen MR) is 92.9 cm³/mol. The Morgan fingerprint density at radius 1 is 0.909 bits per heavy atom. The van der Waals surface area contributed by atoms with E-state index < -0.39 is 10.0 Å². The predicted octanol–water partition coefficient (Wildman–Crippen LogP) is 4.57. The molecule has 0 N–H and O–H groups in total. The highest BCUT2D eigenvalue weighted by molar-refractivity contribution is 9.10. The second kappa shape index (κ2) is 5.25. The van der Waals surface area contributed by atoms with Gasteiger partial charge in [0.05, 0.1) is 10.4 Å². The van der Waals surface area contributed by atoms with Gasteiger partial charge in [0.15, 0.2) is 0 Å². The van der Waals surface area contributed by atoms with E-state index in [-0.39, 0.29) is 0 Å². The second-order valence-electron chi connectivity index (χ2n) is 5.51. The van der Waals surface area contributed by atoms with E-state index >= 15 is 0 Å². The lowest BCUT2D eigenvalue weighted by molar-refractivity contribution is 0.589. The lowest BCUT2D eigenvalue weighted by Gasteiger charge is -2.10. The first kappa shape index (κ1) is 15.3. The largest absolute Gasteiger partial charge is 0.268 e. The van der Waals surface area contributed by atoms with Gasteiger partial charge in [0.2, 0.25) is 0 Å². The van der Waals surface area contributed by atoms with E-state index in [1.165, 1.54) is 3.97 Å². The monoisotopic (exact) mass is 377 g/mol. The second-order valence-corrected chi connectivity index (χ2v) is 8.18. The molecular formula is C17H16BrNO2S. The number of halogens is 1. The van der Waals surface area contributed by atoms with Crippen molar-refractivity contribution in [1.82, 2.24) is 3.97 Å². The lowest BCUT2D eigenvalue weighted by atomic mass is 10.1. The Kier molecular flexibility index (Phi) is 3.65. The number of fused-ring (bicyclic) bond motifs is 1. The lowest BCUT2D eigenvalue weighted by Crippen LogP contribution is -2.12. The number of aryl methyl sites for hydroxylation is 3. The molecule has 0 radical (unpaired) electrons. The number of nitrogens with zero attached hydrogens (tertiary/aromatic N) is 1. The Morgan fingerprint density at radius 2 is 1.50 bits per heavy atom. The molecule has 3 nitrogen and oxygen atoms in total. The first-order valence-corrected chi connectivity index (χ1v) is 9.14. The summed E-state index contributed by atoms with van der Waals surface area (Å²) in [5, 5.41) is 0.940. The molecule has 0 amide bonds. The molecule has 0 unspecified atom stereocenters. The SMILES string of the molecule is Cc1ccc(S(=O)(=O)n2cc(Br)c3c(C)ccc(C)c32)cc1. The minimum atomic E-state index is -3.61. The summed E-state index contributed by atoms with van der Waals surface area (Å²) in [5.41, 5.74) is 3.74. The fourth-order valence-electron chi connectivity index (χ4n) is 2.63. The van der Waals surface area contributed by atoms with Crippen LogP contribution in [0.4, 0.5) is 0 Å². The van der Waals surface area contributed by atoms with Crippen LogP contribution < -0.4 is 0 Å². The van der Waals surface area contributed by atoms with Crippen LogP contribution in [0.25, 0.3) is 10.9 Å². The molecule has 0 atom stereocenters. The van der Waals surface area contributed by atoms with Gasteiger partial charge in [0.1, 0.15) is 0 Å². The molecule has 2 aromatic carbocycles. The Balaban J connectivity index is 2.35. The summed E-state index contributed by atoms with van der Waals surface area (Å²) in [6, 6.07) is 10.9. The molecule has 0 saturated heterocycles. The van der Waals surface area contributed by atoms with Gasteiger partial charge in [-0.05, 0) is 60.0 Å². The van der Waals surface area contributed by atoms with Gasteiger partial charge in [0.25, 0.3) is 10.0 Å². The van der Waals surface area contributed by atoms with Crippen molar-refractivity contribution in [1.29, 1.82) is 0 Å². The quantitative estimate of drug-likeness (QED) is 0.656. The Bertz CT molecular complexity index is 970. The van der Waals surface area contributed by atoms with Crippen molar-refractivity contribution < 1.29 is 8.42 Å². The van der Waals surface area contributed by atoms with E-state index in [0.29, 0.717) is 4.90 Å². The Labute approximate surface area is 138 Å². The standard InChI is InChI=1S/C17H16BrNO2S/c1-11-4-8-14(9-5-11)22(20,21)19-10-15(18)16-12(2)6-7-13(3)17(16)19/h4-10H,1-3H3. The fraction of sp³-hybridized carbons (Fsp3) is 0.176. The molecule has 114 valence electrons. The van der Waals surface area contributed by atoms with Gasteiger partial charge in [-0.1, -0.05) is 29.8 Å². The zero-order valence-corrected chi connectivity index (χ0v) is 15.0. The van der Waals surface area contributed by atoms with Gasteiger partial charge in [-0.15, -0.1) is 0 Å². The molecule has 0 fully saturated rings. The van der Waals surface area contributed by atoms with Gasteiger partial charge < -0.3 is 0 Å². The van der Waals surface area contributed by atoms with E-state index in [9.17, 15) is 8.42 Å². The molecule has 0 spiro atoms. The third kappa shape index (κ3) is 2.29. The van der Waals surface area contributed by atoms with Crippen LogP contribution in [-0.2, 0) is 10.0 Å². The van der Waals surface area contributed by atoms with E-state index in [0.717, 1.165) is 32.1 Å². The first-order valence-electron chi connectivity index (χ1n) is 6.91. The molecule has 5 heteroatoms. The molecular weight excluding hydrogens is 362 g/mol. The number of rotatable bonds is 2. The van der Waals surface area contributed by atoms with E-state index in [2.05, 4.69) is 15.9 Å². The molecule has 0 aliphatic carbocycles. The number of aromatic nitrogens is 1. The maximum atomic E-state index is 13.0. The highest BCUT2D eigenvalue weighted by Gasteiger charge is 2.22. The highest BCUT2D eigenvalue weighted by Crippen LogP contribution is 2.33. The Morgan fingerprint density at radius 3 is 2.14 bits per heavy atom. The van der Waals surface area contributed by atoms with Crippen LogP contribution in [0.5, 0.6) is 0 Å². The van der Waals surface area contributed by atoms with Crippen LogP contribution in [0.1, 0.15) is 16.7 Å². The van der Waals surface area contributed by atoms with Gasteiger partial charge in [0, 0.05) is 16.1 Å². The topological polar surface area (TPSA) is 39.1 Å². The molecule has 0 aliphatic heterocycles. The van der Waals surface area contributed by atoms with Crippen LogP contribution >= 0.6 is 15.9 Å². The van der Waals surface area contributed by atoms with Crippen molar-refractivity contribution in [2.75, 3.05) is 0 Å². The smallest absolute Gasteiger partial charge is 0.240 e. The number of hydrogen-bond acceptors (Lipinski definition) is 2. The summed E-state index contributed by atoms with van der Waals surface area (Å²) in [6.45, 7) is 5.84.